The number of likely N-dealkylation sites (N-methyl/N-ethyl adjacent to an activating group) is 1. The van der Waals surface area contributed by atoms with Crippen molar-refractivity contribution < 1.29 is 4.79 Å². The van der Waals surface area contributed by atoms with Crippen molar-refractivity contribution in [1.82, 2.24) is 4.90 Å². The number of carbonyl (C=O) groups excluding carboxylic acids is 1. The molecule has 1 amide bonds. The minimum atomic E-state index is -0.00841. The maximum Gasteiger partial charge on any atom is 0.238 e. The first-order chi connectivity index (χ1) is 11.6. The van der Waals surface area contributed by atoms with Gasteiger partial charge in [0.1, 0.15) is 0 Å². The number of anilines is 1. The Kier molecular flexibility index (Phi) is 5.22. The molecular formula is C20H23ClN2O. The monoisotopic (exact) mass is 342 g/mol. The lowest BCUT2D eigenvalue weighted by Crippen LogP contribution is -2.35. The van der Waals surface area contributed by atoms with Crippen molar-refractivity contribution in [3.63, 3.8) is 0 Å². The van der Waals surface area contributed by atoms with Crippen LogP contribution in [-0.4, -0.2) is 24.4 Å². The van der Waals surface area contributed by atoms with Gasteiger partial charge in [-0.25, -0.2) is 0 Å². The van der Waals surface area contributed by atoms with Gasteiger partial charge in [0, 0.05) is 16.8 Å². The molecule has 126 valence electrons. The minimum absolute atomic E-state index is 0.00841. The lowest BCUT2D eigenvalue weighted by molar-refractivity contribution is -0.117. The minimum Gasteiger partial charge on any atom is -0.325 e. The lowest BCUT2D eigenvalue weighted by atomic mass is 9.87. The van der Waals surface area contributed by atoms with E-state index in [9.17, 15) is 4.79 Å². The molecule has 0 aliphatic heterocycles. The molecule has 1 unspecified atom stereocenters. The van der Waals surface area contributed by atoms with Crippen LogP contribution in [-0.2, 0) is 11.2 Å². The van der Waals surface area contributed by atoms with Gasteiger partial charge in [-0.15, -0.1) is 0 Å². The third-order valence-electron chi connectivity index (χ3n) is 4.80. The molecule has 3 nitrogen and oxygen atoms in total. The standard InChI is InChI=1S/C20H23ClN2O/c1-14-17(21)10-6-11-18(14)22-20(24)13-23(2)19-12-5-8-15-7-3-4-9-16(15)19/h3-4,6-7,9-11,19H,5,8,12-13H2,1-2H3,(H,22,24). The summed E-state index contributed by atoms with van der Waals surface area (Å²) < 4.78 is 0. The summed E-state index contributed by atoms with van der Waals surface area (Å²) in [6.45, 7) is 2.28. The molecule has 2 aromatic rings. The number of carbonyl (C=O) groups is 1. The number of halogens is 1. The van der Waals surface area contributed by atoms with Gasteiger partial charge >= 0.3 is 0 Å². The first kappa shape index (κ1) is 17.0. The lowest BCUT2D eigenvalue weighted by Gasteiger charge is -2.32. The van der Waals surface area contributed by atoms with E-state index in [2.05, 4.69) is 34.5 Å². The molecule has 1 N–H and O–H groups in total. The third kappa shape index (κ3) is 3.63. The summed E-state index contributed by atoms with van der Waals surface area (Å²) in [5.74, 6) is -0.00841. The van der Waals surface area contributed by atoms with E-state index in [1.54, 1.807) is 0 Å². The van der Waals surface area contributed by atoms with Gasteiger partial charge in [-0.3, -0.25) is 9.69 Å². The maximum absolute atomic E-state index is 12.4. The first-order valence-electron chi connectivity index (χ1n) is 8.39. The van der Waals surface area contributed by atoms with E-state index in [-0.39, 0.29) is 5.91 Å². The molecule has 0 heterocycles. The Morgan fingerprint density at radius 3 is 2.88 bits per heavy atom. The zero-order valence-corrected chi connectivity index (χ0v) is 14.9. The van der Waals surface area contributed by atoms with Crippen LogP contribution in [0.1, 0.15) is 35.6 Å². The van der Waals surface area contributed by atoms with Crippen molar-refractivity contribution in [1.29, 1.82) is 0 Å². The van der Waals surface area contributed by atoms with Crippen LogP contribution < -0.4 is 5.32 Å². The predicted octanol–water partition coefficient (Wildman–Crippen LogP) is 4.60. The Bertz CT molecular complexity index is 744. The fraction of sp³-hybridized carbons (Fsp3) is 0.350. The summed E-state index contributed by atoms with van der Waals surface area (Å²) in [6, 6.07) is 14.4. The van der Waals surface area contributed by atoms with E-state index < -0.39 is 0 Å². The average Bonchev–Trinajstić information content (AvgIpc) is 2.58. The molecular weight excluding hydrogens is 320 g/mol. The highest BCUT2D eigenvalue weighted by Gasteiger charge is 2.24. The van der Waals surface area contributed by atoms with E-state index in [0.717, 1.165) is 24.1 Å². The highest BCUT2D eigenvalue weighted by molar-refractivity contribution is 6.31. The maximum atomic E-state index is 12.4. The summed E-state index contributed by atoms with van der Waals surface area (Å²) in [5.41, 5.74) is 4.45. The summed E-state index contributed by atoms with van der Waals surface area (Å²) in [4.78, 5) is 14.6. The van der Waals surface area contributed by atoms with E-state index in [4.69, 9.17) is 11.6 Å². The number of benzene rings is 2. The van der Waals surface area contributed by atoms with Crippen LogP contribution >= 0.6 is 11.6 Å². The summed E-state index contributed by atoms with van der Waals surface area (Å²) in [5, 5.41) is 3.65. The molecule has 0 aromatic heterocycles. The van der Waals surface area contributed by atoms with Crippen LogP contribution in [0.5, 0.6) is 0 Å². The van der Waals surface area contributed by atoms with Gasteiger partial charge in [-0.1, -0.05) is 41.9 Å². The largest absolute Gasteiger partial charge is 0.325 e. The van der Waals surface area contributed by atoms with Gasteiger partial charge in [-0.05, 0) is 62.1 Å². The summed E-state index contributed by atoms with van der Waals surface area (Å²) in [7, 11) is 2.02. The molecule has 2 aromatic carbocycles. The van der Waals surface area contributed by atoms with E-state index >= 15 is 0 Å². The van der Waals surface area contributed by atoms with Crippen LogP contribution in [0.4, 0.5) is 5.69 Å². The normalized spacial score (nSPS) is 16.8. The summed E-state index contributed by atoms with van der Waals surface area (Å²) >= 11 is 6.12. The van der Waals surface area contributed by atoms with Gasteiger partial charge in [0.05, 0.1) is 6.54 Å². The Hall–Kier alpha value is -1.84. The number of amides is 1. The highest BCUT2D eigenvalue weighted by atomic mass is 35.5. The quantitative estimate of drug-likeness (QED) is 0.880. The topological polar surface area (TPSA) is 32.3 Å². The van der Waals surface area contributed by atoms with Gasteiger partial charge in [0.25, 0.3) is 0 Å². The first-order valence-corrected chi connectivity index (χ1v) is 8.77. The van der Waals surface area contributed by atoms with Gasteiger partial charge in [0.2, 0.25) is 5.91 Å². The highest BCUT2D eigenvalue weighted by Crippen LogP contribution is 2.33. The summed E-state index contributed by atoms with van der Waals surface area (Å²) in [6.07, 6.45) is 3.40. The Balaban J connectivity index is 1.68. The smallest absolute Gasteiger partial charge is 0.238 e. The number of aryl methyl sites for hydroxylation is 1. The molecule has 1 aliphatic rings. The molecule has 3 rings (SSSR count). The third-order valence-corrected chi connectivity index (χ3v) is 5.21. The Morgan fingerprint density at radius 1 is 1.25 bits per heavy atom. The SMILES string of the molecule is Cc1c(Cl)cccc1NC(=O)CN(C)C1CCCc2ccccc21. The predicted molar refractivity (Wildman–Crippen MR) is 99.6 cm³/mol. The van der Waals surface area contributed by atoms with Crippen LogP contribution in [0.3, 0.4) is 0 Å². The number of hydrogen-bond donors (Lipinski definition) is 1. The van der Waals surface area contributed by atoms with Gasteiger partial charge in [0.15, 0.2) is 0 Å². The zero-order valence-electron chi connectivity index (χ0n) is 14.2. The number of nitrogens with one attached hydrogen (secondary N) is 1. The van der Waals surface area contributed by atoms with Crippen molar-refractivity contribution in [2.75, 3.05) is 18.9 Å². The van der Waals surface area contributed by atoms with Gasteiger partial charge in [-0.2, -0.15) is 0 Å². The molecule has 24 heavy (non-hydrogen) atoms. The van der Waals surface area contributed by atoms with Crippen LogP contribution in [0.2, 0.25) is 5.02 Å². The van der Waals surface area contributed by atoms with E-state index in [0.29, 0.717) is 17.6 Å². The molecule has 1 atom stereocenters. The molecule has 0 saturated heterocycles. The van der Waals surface area contributed by atoms with Crippen molar-refractivity contribution in [3.05, 3.63) is 64.2 Å². The average molecular weight is 343 g/mol. The fourth-order valence-corrected chi connectivity index (χ4v) is 3.63. The molecule has 0 fully saturated rings. The van der Waals surface area contributed by atoms with Crippen molar-refractivity contribution in [2.24, 2.45) is 0 Å². The Labute approximate surface area is 148 Å². The van der Waals surface area contributed by atoms with E-state index in [1.807, 2.05) is 32.2 Å². The molecule has 1 aliphatic carbocycles. The number of fused-ring (bicyclic) bond motifs is 1. The van der Waals surface area contributed by atoms with Crippen molar-refractivity contribution >= 4 is 23.2 Å². The number of hydrogen-bond acceptors (Lipinski definition) is 2. The van der Waals surface area contributed by atoms with Crippen LogP contribution in [0.25, 0.3) is 0 Å². The van der Waals surface area contributed by atoms with Crippen LogP contribution in [0, 0.1) is 6.92 Å². The van der Waals surface area contributed by atoms with Gasteiger partial charge < -0.3 is 5.32 Å². The molecule has 0 radical (unpaired) electrons. The van der Waals surface area contributed by atoms with Crippen molar-refractivity contribution in [3.8, 4) is 0 Å². The molecule has 4 heteroatoms. The molecule has 0 spiro atoms. The fourth-order valence-electron chi connectivity index (χ4n) is 3.46. The molecule has 0 bridgehead atoms. The van der Waals surface area contributed by atoms with Crippen LogP contribution in [0.15, 0.2) is 42.5 Å². The molecule has 0 saturated carbocycles. The second-order valence-electron chi connectivity index (χ2n) is 6.48. The zero-order chi connectivity index (χ0) is 17.1. The van der Waals surface area contributed by atoms with Crippen molar-refractivity contribution in [2.45, 2.75) is 32.2 Å². The second-order valence-corrected chi connectivity index (χ2v) is 6.89. The van der Waals surface area contributed by atoms with E-state index in [1.165, 1.54) is 17.5 Å². The number of nitrogens with zero attached hydrogens (tertiary/aromatic N) is 1. The number of rotatable bonds is 4. The Morgan fingerprint density at radius 2 is 2.04 bits per heavy atom. The second kappa shape index (κ2) is 7.37.